The molecule has 2 rings (SSSR count). The number of hydrogen-bond acceptors (Lipinski definition) is 0. The first-order valence-corrected chi connectivity index (χ1v) is 7.13. The zero-order valence-corrected chi connectivity index (χ0v) is 10.2. The van der Waals surface area contributed by atoms with Gasteiger partial charge in [-0.05, 0) is 0 Å². The van der Waals surface area contributed by atoms with Gasteiger partial charge in [-0.2, -0.15) is 0 Å². The first-order chi connectivity index (χ1) is 6.92. The first-order valence-electron chi connectivity index (χ1n) is 4.30. The van der Waals surface area contributed by atoms with Gasteiger partial charge >= 0.3 is 94.9 Å². The summed E-state index contributed by atoms with van der Waals surface area (Å²) < 4.78 is 1.43. The van der Waals surface area contributed by atoms with E-state index in [-0.39, 0.29) is 0 Å². The van der Waals surface area contributed by atoms with Gasteiger partial charge in [-0.25, -0.2) is 0 Å². The van der Waals surface area contributed by atoms with E-state index in [4.69, 9.17) is 0 Å². The standard InChI is InChI=1S/C12H10SSe/c1-13-12(11-8-5-9-14-11)10-6-3-2-4-7-10/h2-9H,1H2/b12-11-. The van der Waals surface area contributed by atoms with Crippen molar-refractivity contribution in [3.8, 4) is 0 Å². The molecule has 0 aromatic heterocycles. The third-order valence-electron chi connectivity index (χ3n) is 1.93. The zero-order valence-electron chi connectivity index (χ0n) is 7.64. The van der Waals surface area contributed by atoms with E-state index in [0.29, 0.717) is 15.0 Å². The molecule has 2 heteroatoms. The van der Waals surface area contributed by atoms with E-state index in [1.54, 1.807) is 11.4 Å². The molecular weight excluding hydrogens is 255 g/mol. The molecule has 0 aliphatic carbocycles. The second kappa shape index (κ2) is 4.61. The number of allylic oxidation sites excluding steroid dienone is 3. The number of hydrogen-bond donors (Lipinski definition) is 0. The second-order valence-electron chi connectivity index (χ2n) is 2.82. The van der Waals surface area contributed by atoms with Crippen LogP contribution in [0.15, 0.2) is 47.0 Å². The van der Waals surface area contributed by atoms with E-state index in [0.717, 1.165) is 0 Å². The molecule has 0 amide bonds. The summed E-state index contributed by atoms with van der Waals surface area (Å²) in [6.45, 7) is 0. The van der Waals surface area contributed by atoms with Gasteiger partial charge in [0.25, 0.3) is 0 Å². The molecule has 0 bridgehead atoms. The minimum atomic E-state index is 0.496. The Kier molecular flexibility index (Phi) is 3.20. The van der Waals surface area contributed by atoms with Crippen molar-refractivity contribution in [1.82, 2.24) is 0 Å². The molecule has 0 spiro atoms. The molecule has 14 heavy (non-hydrogen) atoms. The van der Waals surface area contributed by atoms with Crippen LogP contribution in [0.3, 0.4) is 0 Å². The summed E-state index contributed by atoms with van der Waals surface area (Å²) in [5, 5.41) is 2.24. The predicted octanol–water partition coefficient (Wildman–Crippen LogP) is 2.31. The van der Waals surface area contributed by atoms with Gasteiger partial charge in [0.2, 0.25) is 0 Å². The van der Waals surface area contributed by atoms with Crippen molar-refractivity contribution >= 4 is 37.1 Å². The van der Waals surface area contributed by atoms with Gasteiger partial charge in [0.15, 0.2) is 0 Å². The Hall–Kier alpha value is -0.821. The molecule has 1 aliphatic rings. The fourth-order valence-electron chi connectivity index (χ4n) is 1.29. The van der Waals surface area contributed by atoms with Gasteiger partial charge < -0.3 is 0 Å². The van der Waals surface area contributed by atoms with Crippen molar-refractivity contribution in [3.63, 3.8) is 0 Å². The van der Waals surface area contributed by atoms with Gasteiger partial charge in [-0.3, -0.25) is 0 Å². The van der Waals surface area contributed by atoms with Crippen LogP contribution in [0.25, 0.3) is 4.91 Å². The first kappa shape index (κ1) is 9.72. The summed E-state index contributed by atoms with van der Waals surface area (Å²) in [5.74, 6) is 3.93. The summed E-state index contributed by atoms with van der Waals surface area (Å²) in [6, 6.07) is 10.5. The molecule has 0 saturated carbocycles. The number of benzene rings is 1. The molecule has 1 aromatic carbocycles. The third-order valence-corrected chi connectivity index (χ3v) is 4.82. The molecule has 0 unspecified atom stereocenters. The van der Waals surface area contributed by atoms with E-state index in [2.05, 4.69) is 47.6 Å². The van der Waals surface area contributed by atoms with Gasteiger partial charge in [-0.15, -0.1) is 0 Å². The van der Waals surface area contributed by atoms with Crippen LogP contribution >= 0.6 is 0 Å². The van der Waals surface area contributed by atoms with Gasteiger partial charge in [0.1, 0.15) is 0 Å². The van der Waals surface area contributed by atoms with Crippen LogP contribution in [0, 0.1) is 5.32 Å². The summed E-state index contributed by atoms with van der Waals surface area (Å²) in [5.41, 5.74) is 1.28. The van der Waals surface area contributed by atoms with Gasteiger partial charge in [-0.1, -0.05) is 0 Å². The Balaban J connectivity index is 2.44. The predicted molar refractivity (Wildman–Crippen MR) is 67.0 cm³/mol. The van der Waals surface area contributed by atoms with Crippen LogP contribution in [0.4, 0.5) is 0 Å². The molecule has 1 heterocycles. The van der Waals surface area contributed by atoms with Crippen molar-refractivity contribution < 1.29 is 0 Å². The van der Waals surface area contributed by atoms with Gasteiger partial charge in [0, 0.05) is 0 Å². The molecule has 0 N–H and O–H groups in total. The summed E-state index contributed by atoms with van der Waals surface area (Å²) >= 11 is 2.09. The maximum absolute atomic E-state index is 3.93. The molecular formula is C12H10SSe. The third kappa shape index (κ3) is 1.98. The van der Waals surface area contributed by atoms with Crippen molar-refractivity contribution in [2.45, 2.75) is 0 Å². The number of rotatable bonds is 2. The molecule has 0 radical (unpaired) electrons. The quantitative estimate of drug-likeness (QED) is 0.333. The van der Waals surface area contributed by atoms with Crippen molar-refractivity contribution in [1.29, 1.82) is 0 Å². The van der Waals surface area contributed by atoms with E-state index in [1.807, 2.05) is 6.07 Å². The van der Waals surface area contributed by atoms with Crippen LogP contribution in [-0.2, 0) is 11.4 Å². The van der Waals surface area contributed by atoms with Crippen molar-refractivity contribution in [2.75, 3.05) is 0 Å². The van der Waals surface area contributed by atoms with E-state index >= 15 is 0 Å². The average molecular weight is 265 g/mol. The molecule has 0 nitrogen and oxygen atoms in total. The van der Waals surface area contributed by atoms with Crippen LogP contribution in [0.1, 0.15) is 5.56 Å². The summed E-state index contributed by atoms with van der Waals surface area (Å²) in [7, 11) is 0. The Bertz CT molecular complexity index is 390. The molecule has 0 saturated heterocycles. The van der Waals surface area contributed by atoms with Crippen LogP contribution in [0.2, 0.25) is 0 Å². The minimum absolute atomic E-state index is 0.496. The average Bonchev–Trinajstić information content (AvgIpc) is 2.74. The van der Waals surface area contributed by atoms with E-state index < -0.39 is 0 Å². The Morgan fingerprint density at radius 2 is 2.07 bits per heavy atom. The summed E-state index contributed by atoms with van der Waals surface area (Å²) in [6.07, 6.45) is 4.33. The van der Waals surface area contributed by atoms with Crippen LogP contribution in [0.5, 0.6) is 0 Å². The van der Waals surface area contributed by atoms with E-state index in [9.17, 15) is 0 Å². The molecule has 1 aliphatic heterocycles. The SMILES string of the molecule is C=[S+]/C(=C1/C=C[CH-][Se]1)c1ccccc1. The molecule has 0 atom stereocenters. The normalized spacial score (nSPS) is 17.7. The van der Waals surface area contributed by atoms with E-state index in [1.165, 1.54) is 14.9 Å². The monoisotopic (exact) mass is 266 g/mol. The zero-order chi connectivity index (χ0) is 9.80. The Labute approximate surface area is 94.8 Å². The molecule has 1 aromatic rings. The molecule has 0 fully saturated rings. The fourth-order valence-corrected chi connectivity index (χ4v) is 3.87. The second-order valence-corrected chi connectivity index (χ2v) is 5.50. The van der Waals surface area contributed by atoms with Crippen LogP contribution in [-0.4, -0.2) is 20.8 Å². The van der Waals surface area contributed by atoms with Gasteiger partial charge in [0.05, 0.1) is 0 Å². The summed E-state index contributed by atoms with van der Waals surface area (Å²) in [4.78, 5) is 1.32. The maximum atomic E-state index is 3.93. The van der Waals surface area contributed by atoms with Crippen molar-refractivity contribution in [3.05, 3.63) is 57.8 Å². The van der Waals surface area contributed by atoms with Crippen LogP contribution < -0.4 is 0 Å². The van der Waals surface area contributed by atoms with Crippen molar-refractivity contribution in [2.24, 2.45) is 0 Å². The molecule has 70 valence electrons. The Morgan fingerprint density at radius 3 is 2.64 bits per heavy atom. The fraction of sp³-hybridized carbons (Fsp3) is 0. The topological polar surface area (TPSA) is 0 Å². The Morgan fingerprint density at radius 1 is 1.29 bits per heavy atom.